The molecule has 0 spiro atoms. The molecule has 11 heavy (non-hydrogen) atoms. The van der Waals surface area contributed by atoms with Gasteiger partial charge in [0.1, 0.15) is 0 Å². The Morgan fingerprint density at radius 2 is 2.18 bits per heavy atom. The first kappa shape index (κ1) is 10.1. The van der Waals surface area contributed by atoms with Gasteiger partial charge in [0.15, 0.2) is 0 Å². The number of aliphatic hydroxyl groups is 2. The predicted octanol–water partition coefficient (Wildman–Crippen LogP) is -1.57. The fraction of sp³-hybridized carbons (Fsp3) is 0.571. The van der Waals surface area contributed by atoms with Gasteiger partial charge in [0, 0.05) is 12.4 Å². The van der Waals surface area contributed by atoms with Gasteiger partial charge in [0.05, 0.1) is 12.2 Å². The van der Waals surface area contributed by atoms with Crippen LogP contribution in [0.5, 0.6) is 0 Å². The van der Waals surface area contributed by atoms with Crippen molar-refractivity contribution in [3.8, 4) is 0 Å². The average Bonchev–Trinajstić information content (AvgIpc) is 1.83. The number of carboxylic acids is 1. The molecule has 2 N–H and O–H groups in total. The lowest BCUT2D eigenvalue weighted by Gasteiger charge is -2.24. The average molecular weight is 159 g/mol. The molecule has 0 aliphatic rings. The highest BCUT2D eigenvalue weighted by Crippen LogP contribution is 2.17. The van der Waals surface area contributed by atoms with E-state index >= 15 is 0 Å². The van der Waals surface area contributed by atoms with Crippen LogP contribution in [0.3, 0.4) is 0 Å². The number of rotatable bonds is 4. The summed E-state index contributed by atoms with van der Waals surface area (Å²) in [5, 5.41) is 27.8. The number of carbonyl (C=O) groups excluding carboxylic acids is 1. The highest BCUT2D eigenvalue weighted by atomic mass is 16.4. The highest BCUT2D eigenvalue weighted by Gasteiger charge is 2.23. The van der Waals surface area contributed by atoms with E-state index in [9.17, 15) is 15.0 Å². The lowest BCUT2D eigenvalue weighted by molar-refractivity contribution is -0.308. The molecular formula is C7H11O4-. The van der Waals surface area contributed by atoms with Gasteiger partial charge in [-0.15, -0.1) is 0 Å². The Bertz CT molecular complexity index is 171. The largest absolute Gasteiger partial charge is 0.550 e. The Hall–Kier alpha value is -0.870. The van der Waals surface area contributed by atoms with Gasteiger partial charge in [-0.1, -0.05) is 6.58 Å². The van der Waals surface area contributed by atoms with E-state index in [1.165, 1.54) is 6.92 Å². The van der Waals surface area contributed by atoms with Gasteiger partial charge in [-0.25, -0.2) is 0 Å². The number of aliphatic hydroxyl groups excluding tert-OH is 1. The zero-order valence-electron chi connectivity index (χ0n) is 6.33. The van der Waals surface area contributed by atoms with Gasteiger partial charge in [-0.2, -0.15) is 0 Å². The molecule has 0 aromatic carbocycles. The van der Waals surface area contributed by atoms with Gasteiger partial charge in [0.25, 0.3) is 0 Å². The molecule has 0 fully saturated rings. The number of hydrogen-bond acceptors (Lipinski definition) is 4. The number of aliphatic carboxylic acids is 1. The van der Waals surface area contributed by atoms with Crippen molar-refractivity contribution in [2.45, 2.75) is 18.9 Å². The fourth-order valence-electron chi connectivity index (χ4n) is 0.576. The van der Waals surface area contributed by atoms with Crippen LogP contribution >= 0.6 is 0 Å². The minimum absolute atomic E-state index is 0.0710. The van der Waals surface area contributed by atoms with E-state index in [2.05, 4.69) is 6.58 Å². The van der Waals surface area contributed by atoms with Crippen LogP contribution in [-0.2, 0) is 4.79 Å². The molecular weight excluding hydrogens is 148 g/mol. The molecule has 0 rings (SSSR count). The number of hydrogen-bond donors (Lipinski definition) is 2. The maximum atomic E-state index is 10.0. The van der Waals surface area contributed by atoms with Crippen LogP contribution in [0.4, 0.5) is 0 Å². The minimum atomic E-state index is -1.58. The van der Waals surface area contributed by atoms with E-state index < -0.39 is 24.6 Å². The van der Waals surface area contributed by atoms with Gasteiger partial charge < -0.3 is 20.1 Å². The SMILES string of the molecule is C=C(CO)C(C)(O)CC(=O)[O-]. The standard InChI is InChI=1S/C7H12O4/c1-5(4-8)7(2,11)3-6(9)10/h8,11H,1,3-4H2,2H3,(H,9,10)/p-1. The predicted molar refractivity (Wildman–Crippen MR) is 36.5 cm³/mol. The van der Waals surface area contributed by atoms with Gasteiger partial charge in [-0.05, 0) is 12.5 Å². The summed E-state index contributed by atoms with van der Waals surface area (Å²) in [6.45, 7) is 4.14. The van der Waals surface area contributed by atoms with Crippen molar-refractivity contribution < 1.29 is 20.1 Å². The first-order chi connectivity index (χ1) is 4.90. The Balaban J connectivity index is 4.21. The number of carboxylic acid groups (broad SMARTS) is 1. The van der Waals surface area contributed by atoms with Crippen molar-refractivity contribution in [2.24, 2.45) is 0 Å². The molecule has 0 aliphatic heterocycles. The van der Waals surface area contributed by atoms with E-state index in [1.54, 1.807) is 0 Å². The van der Waals surface area contributed by atoms with Crippen LogP contribution < -0.4 is 5.11 Å². The molecule has 4 heteroatoms. The normalized spacial score (nSPS) is 15.5. The minimum Gasteiger partial charge on any atom is -0.550 e. The van der Waals surface area contributed by atoms with Crippen LogP contribution in [0.1, 0.15) is 13.3 Å². The Morgan fingerprint density at radius 1 is 1.73 bits per heavy atom. The van der Waals surface area contributed by atoms with Gasteiger partial charge in [-0.3, -0.25) is 0 Å². The van der Waals surface area contributed by atoms with Crippen molar-refractivity contribution in [3.63, 3.8) is 0 Å². The molecule has 0 saturated heterocycles. The third kappa shape index (κ3) is 3.15. The summed E-state index contributed by atoms with van der Waals surface area (Å²) in [5.74, 6) is -1.37. The molecule has 64 valence electrons. The van der Waals surface area contributed by atoms with E-state index in [4.69, 9.17) is 5.11 Å². The summed E-state index contributed by atoms with van der Waals surface area (Å²) in [6.07, 6.45) is -0.549. The first-order valence-corrected chi connectivity index (χ1v) is 3.11. The Kier molecular flexibility index (Phi) is 3.22. The summed E-state index contributed by atoms with van der Waals surface area (Å²) in [4.78, 5) is 10.0. The molecule has 4 nitrogen and oxygen atoms in total. The number of carbonyl (C=O) groups is 1. The molecule has 0 bridgehead atoms. The first-order valence-electron chi connectivity index (χ1n) is 3.11. The van der Waals surface area contributed by atoms with E-state index in [0.717, 1.165) is 0 Å². The van der Waals surface area contributed by atoms with Crippen molar-refractivity contribution in [2.75, 3.05) is 6.61 Å². The van der Waals surface area contributed by atoms with Crippen LogP contribution in [0.2, 0.25) is 0 Å². The molecule has 0 radical (unpaired) electrons. The second kappa shape index (κ2) is 3.50. The smallest absolute Gasteiger partial charge is 0.0900 e. The van der Waals surface area contributed by atoms with E-state index in [-0.39, 0.29) is 5.57 Å². The highest BCUT2D eigenvalue weighted by molar-refractivity contribution is 5.66. The molecule has 0 amide bonds. The van der Waals surface area contributed by atoms with Crippen LogP contribution in [0.25, 0.3) is 0 Å². The molecule has 0 heterocycles. The second-order valence-corrected chi connectivity index (χ2v) is 2.58. The third-order valence-corrected chi connectivity index (χ3v) is 1.44. The maximum absolute atomic E-state index is 10.0. The lowest BCUT2D eigenvalue weighted by Crippen LogP contribution is -2.37. The zero-order valence-corrected chi connectivity index (χ0v) is 6.33. The molecule has 0 aromatic rings. The molecule has 1 unspecified atom stereocenters. The van der Waals surface area contributed by atoms with Gasteiger partial charge in [0.2, 0.25) is 0 Å². The summed E-state index contributed by atoms with van der Waals surface area (Å²) >= 11 is 0. The third-order valence-electron chi connectivity index (χ3n) is 1.44. The quantitative estimate of drug-likeness (QED) is 0.485. The molecule has 1 atom stereocenters. The van der Waals surface area contributed by atoms with Crippen molar-refractivity contribution in [3.05, 3.63) is 12.2 Å². The molecule has 0 aliphatic carbocycles. The van der Waals surface area contributed by atoms with Crippen LogP contribution in [-0.4, -0.2) is 28.4 Å². The van der Waals surface area contributed by atoms with E-state index in [0.29, 0.717) is 0 Å². The summed E-state index contributed by atoms with van der Waals surface area (Å²) < 4.78 is 0. The van der Waals surface area contributed by atoms with Crippen LogP contribution in [0, 0.1) is 0 Å². The zero-order chi connectivity index (χ0) is 9.07. The second-order valence-electron chi connectivity index (χ2n) is 2.58. The monoisotopic (exact) mass is 159 g/mol. The fourth-order valence-corrected chi connectivity index (χ4v) is 0.576. The lowest BCUT2D eigenvalue weighted by atomic mass is 9.94. The van der Waals surface area contributed by atoms with Crippen LogP contribution in [0.15, 0.2) is 12.2 Å². The van der Waals surface area contributed by atoms with E-state index in [1.807, 2.05) is 0 Å². The summed E-state index contributed by atoms with van der Waals surface area (Å²) in [7, 11) is 0. The maximum Gasteiger partial charge on any atom is 0.0900 e. The van der Waals surface area contributed by atoms with Gasteiger partial charge >= 0.3 is 0 Å². The Morgan fingerprint density at radius 3 is 2.45 bits per heavy atom. The molecule has 0 aromatic heterocycles. The molecule has 0 saturated carbocycles. The summed E-state index contributed by atoms with van der Waals surface area (Å²) in [5.41, 5.74) is -1.50. The topological polar surface area (TPSA) is 80.6 Å². The summed E-state index contributed by atoms with van der Waals surface area (Å²) in [6, 6.07) is 0. The Labute approximate surface area is 64.8 Å². The van der Waals surface area contributed by atoms with Crippen molar-refractivity contribution in [1.29, 1.82) is 0 Å². The van der Waals surface area contributed by atoms with Crippen molar-refractivity contribution in [1.82, 2.24) is 0 Å². The van der Waals surface area contributed by atoms with Crippen molar-refractivity contribution >= 4 is 5.97 Å².